The molecule has 98 valence electrons. The van der Waals surface area contributed by atoms with Crippen LogP contribution in [-0.4, -0.2) is 43.0 Å². The fraction of sp³-hybridized carbons (Fsp3) is 0.600. The van der Waals surface area contributed by atoms with Crippen LogP contribution in [0.3, 0.4) is 0 Å². The number of benzene rings is 1. The minimum Gasteiger partial charge on any atom is -0.304 e. The van der Waals surface area contributed by atoms with Gasteiger partial charge in [0.2, 0.25) is 0 Å². The Morgan fingerprint density at radius 2 is 1.94 bits per heavy atom. The third kappa shape index (κ3) is 2.29. The summed E-state index contributed by atoms with van der Waals surface area (Å²) < 4.78 is 0. The first kappa shape index (κ1) is 12.5. The van der Waals surface area contributed by atoms with E-state index < -0.39 is 0 Å². The Kier molecular flexibility index (Phi) is 3.60. The Morgan fingerprint density at radius 1 is 1.17 bits per heavy atom. The van der Waals surface area contributed by atoms with Crippen LogP contribution >= 0.6 is 11.6 Å². The van der Waals surface area contributed by atoms with Gasteiger partial charge in [-0.2, -0.15) is 0 Å². The minimum absolute atomic E-state index is 0.598. The van der Waals surface area contributed by atoms with Crippen molar-refractivity contribution < 1.29 is 0 Å². The van der Waals surface area contributed by atoms with Crippen molar-refractivity contribution in [1.82, 2.24) is 9.80 Å². The highest BCUT2D eigenvalue weighted by atomic mass is 35.5. The number of rotatable bonds is 1. The van der Waals surface area contributed by atoms with Crippen LogP contribution in [-0.2, 0) is 6.42 Å². The summed E-state index contributed by atoms with van der Waals surface area (Å²) in [5, 5.41) is 0.964. The summed E-state index contributed by atoms with van der Waals surface area (Å²) in [6, 6.07) is 7.02. The smallest absolute Gasteiger partial charge is 0.0441 e. The van der Waals surface area contributed by atoms with Crippen molar-refractivity contribution in [2.75, 3.05) is 33.2 Å². The average Bonchev–Trinajstić information content (AvgIpc) is 2.40. The van der Waals surface area contributed by atoms with Gasteiger partial charge in [-0.1, -0.05) is 23.7 Å². The Morgan fingerprint density at radius 3 is 2.72 bits per heavy atom. The van der Waals surface area contributed by atoms with Crippen molar-refractivity contribution in [1.29, 1.82) is 0 Å². The van der Waals surface area contributed by atoms with E-state index in [-0.39, 0.29) is 0 Å². The molecule has 0 radical (unpaired) electrons. The minimum atomic E-state index is 0.598. The SMILES string of the molecule is CN1CCN(C2CCCc3c(Cl)cccc32)CC1. The van der Waals surface area contributed by atoms with Gasteiger partial charge in [-0.15, -0.1) is 0 Å². The number of fused-ring (bicyclic) bond motifs is 1. The molecule has 0 N–H and O–H groups in total. The summed E-state index contributed by atoms with van der Waals surface area (Å²) in [7, 11) is 2.21. The van der Waals surface area contributed by atoms with Crippen molar-refractivity contribution in [3.05, 3.63) is 34.3 Å². The molecular weight excluding hydrogens is 244 g/mol. The van der Waals surface area contributed by atoms with E-state index in [1.165, 1.54) is 50.1 Å². The summed E-state index contributed by atoms with van der Waals surface area (Å²) in [5.41, 5.74) is 2.88. The van der Waals surface area contributed by atoms with Crippen molar-refractivity contribution in [3.8, 4) is 0 Å². The lowest BCUT2D eigenvalue weighted by Gasteiger charge is -2.40. The lowest BCUT2D eigenvalue weighted by Crippen LogP contribution is -2.46. The second-order valence-corrected chi connectivity index (χ2v) is 5.96. The highest BCUT2D eigenvalue weighted by molar-refractivity contribution is 6.31. The molecule has 1 saturated heterocycles. The third-order valence-corrected chi connectivity index (χ3v) is 4.75. The quantitative estimate of drug-likeness (QED) is 0.770. The highest BCUT2D eigenvalue weighted by Crippen LogP contribution is 2.37. The van der Waals surface area contributed by atoms with Gasteiger partial charge in [-0.25, -0.2) is 0 Å². The number of likely N-dealkylation sites (N-methyl/N-ethyl adjacent to an activating group) is 1. The Bertz CT molecular complexity index is 425. The average molecular weight is 265 g/mol. The van der Waals surface area contributed by atoms with E-state index in [0.717, 1.165) is 11.4 Å². The molecule has 2 nitrogen and oxygen atoms in total. The van der Waals surface area contributed by atoms with E-state index in [9.17, 15) is 0 Å². The zero-order valence-electron chi connectivity index (χ0n) is 11.0. The number of hydrogen-bond acceptors (Lipinski definition) is 2. The van der Waals surface area contributed by atoms with Gasteiger partial charge in [0.25, 0.3) is 0 Å². The maximum Gasteiger partial charge on any atom is 0.0441 e. The second kappa shape index (κ2) is 5.20. The van der Waals surface area contributed by atoms with E-state index in [1.807, 2.05) is 6.07 Å². The van der Waals surface area contributed by atoms with Crippen LogP contribution < -0.4 is 0 Å². The summed E-state index contributed by atoms with van der Waals surface area (Å²) in [5.74, 6) is 0. The fourth-order valence-electron chi connectivity index (χ4n) is 3.29. The molecule has 1 aromatic rings. The first-order valence-electron chi connectivity index (χ1n) is 6.95. The standard InChI is InChI=1S/C15H21ClN2/c1-17-8-10-18(11-9-17)15-7-3-4-12-13(15)5-2-6-14(12)16/h2,5-6,15H,3-4,7-11H2,1H3. The Hall–Kier alpha value is -0.570. The van der Waals surface area contributed by atoms with Crippen LogP contribution in [0.15, 0.2) is 18.2 Å². The van der Waals surface area contributed by atoms with E-state index in [2.05, 4.69) is 29.0 Å². The van der Waals surface area contributed by atoms with E-state index in [4.69, 9.17) is 11.6 Å². The maximum absolute atomic E-state index is 6.34. The van der Waals surface area contributed by atoms with Crippen LogP contribution in [0.5, 0.6) is 0 Å². The number of piperazine rings is 1. The maximum atomic E-state index is 6.34. The van der Waals surface area contributed by atoms with E-state index in [1.54, 1.807) is 0 Å². The number of nitrogens with zero attached hydrogens (tertiary/aromatic N) is 2. The number of halogens is 1. The first-order valence-corrected chi connectivity index (χ1v) is 7.33. The molecule has 0 saturated carbocycles. The van der Waals surface area contributed by atoms with Crippen molar-refractivity contribution in [2.24, 2.45) is 0 Å². The van der Waals surface area contributed by atoms with Gasteiger partial charge in [0.15, 0.2) is 0 Å². The molecule has 1 aromatic carbocycles. The monoisotopic (exact) mass is 264 g/mol. The highest BCUT2D eigenvalue weighted by Gasteiger charge is 2.28. The molecule has 0 spiro atoms. The normalized spacial score (nSPS) is 26.0. The van der Waals surface area contributed by atoms with Crippen molar-refractivity contribution in [3.63, 3.8) is 0 Å². The van der Waals surface area contributed by atoms with Crippen LogP contribution in [0.2, 0.25) is 5.02 Å². The molecule has 1 aliphatic heterocycles. The van der Waals surface area contributed by atoms with Gasteiger partial charge in [-0.3, -0.25) is 4.90 Å². The van der Waals surface area contributed by atoms with Gasteiger partial charge in [-0.05, 0) is 43.5 Å². The molecule has 18 heavy (non-hydrogen) atoms. The van der Waals surface area contributed by atoms with E-state index in [0.29, 0.717) is 6.04 Å². The van der Waals surface area contributed by atoms with Gasteiger partial charge >= 0.3 is 0 Å². The molecular formula is C15H21ClN2. The summed E-state index contributed by atoms with van der Waals surface area (Å²) >= 11 is 6.34. The summed E-state index contributed by atoms with van der Waals surface area (Å²) in [6.07, 6.45) is 3.71. The van der Waals surface area contributed by atoms with Crippen LogP contribution in [0.1, 0.15) is 30.0 Å². The fourth-order valence-corrected chi connectivity index (χ4v) is 3.57. The largest absolute Gasteiger partial charge is 0.304 e. The molecule has 2 aliphatic rings. The first-order chi connectivity index (χ1) is 8.75. The van der Waals surface area contributed by atoms with Crippen molar-refractivity contribution >= 4 is 11.6 Å². The molecule has 3 heteroatoms. The molecule has 0 aromatic heterocycles. The Balaban J connectivity index is 1.85. The van der Waals surface area contributed by atoms with E-state index >= 15 is 0 Å². The van der Waals surface area contributed by atoms with Crippen molar-refractivity contribution in [2.45, 2.75) is 25.3 Å². The third-order valence-electron chi connectivity index (χ3n) is 4.40. The number of hydrogen-bond donors (Lipinski definition) is 0. The van der Waals surface area contributed by atoms with Crippen LogP contribution in [0, 0.1) is 0 Å². The Labute approximate surface area is 115 Å². The molecule has 3 rings (SSSR count). The molecule has 1 unspecified atom stereocenters. The zero-order chi connectivity index (χ0) is 12.5. The molecule has 1 atom stereocenters. The topological polar surface area (TPSA) is 6.48 Å². The molecule has 0 amide bonds. The van der Waals surface area contributed by atoms with Crippen LogP contribution in [0.25, 0.3) is 0 Å². The van der Waals surface area contributed by atoms with Gasteiger partial charge in [0.05, 0.1) is 0 Å². The zero-order valence-corrected chi connectivity index (χ0v) is 11.8. The molecule has 1 heterocycles. The predicted molar refractivity (Wildman–Crippen MR) is 76.2 cm³/mol. The lowest BCUT2D eigenvalue weighted by atomic mass is 9.86. The van der Waals surface area contributed by atoms with Crippen LogP contribution in [0.4, 0.5) is 0 Å². The second-order valence-electron chi connectivity index (χ2n) is 5.55. The lowest BCUT2D eigenvalue weighted by molar-refractivity contribution is 0.102. The summed E-state index contributed by atoms with van der Waals surface area (Å²) in [6.45, 7) is 4.75. The predicted octanol–water partition coefficient (Wildman–Crippen LogP) is 2.96. The van der Waals surface area contributed by atoms with Gasteiger partial charge < -0.3 is 4.90 Å². The van der Waals surface area contributed by atoms with Gasteiger partial charge in [0.1, 0.15) is 0 Å². The molecule has 1 fully saturated rings. The molecule has 1 aliphatic carbocycles. The summed E-state index contributed by atoms with van der Waals surface area (Å²) in [4.78, 5) is 5.06. The molecule has 0 bridgehead atoms. The van der Waals surface area contributed by atoms with Gasteiger partial charge in [0, 0.05) is 37.2 Å².